The quantitative estimate of drug-likeness (QED) is 0.516. The Labute approximate surface area is 199 Å². The summed E-state index contributed by atoms with van der Waals surface area (Å²) in [5.74, 6) is -0.178. The van der Waals surface area contributed by atoms with E-state index in [1.54, 1.807) is 17.0 Å². The maximum absolute atomic E-state index is 13.5. The molecule has 0 saturated carbocycles. The Bertz CT molecular complexity index is 1160. The molecule has 1 fully saturated rings. The Morgan fingerprint density at radius 2 is 1.52 bits per heavy atom. The first-order valence-electron chi connectivity index (χ1n) is 10.7. The minimum Gasteiger partial charge on any atom is -0.378 e. The average Bonchev–Trinajstić information content (AvgIpc) is 2.88. The van der Waals surface area contributed by atoms with Crippen LogP contribution in [0.2, 0.25) is 0 Å². The van der Waals surface area contributed by atoms with Crippen LogP contribution in [0.3, 0.4) is 0 Å². The van der Waals surface area contributed by atoms with E-state index >= 15 is 0 Å². The second-order valence-corrected chi connectivity index (χ2v) is 10.2. The third-order valence-corrected chi connectivity index (χ3v) is 7.77. The van der Waals surface area contributed by atoms with Crippen molar-refractivity contribution >= 4 is 27.7 Å². The highest BCUT2D eigenvalue weighted by molar-refractivity contribution is 7.98. The number of ether oxygens (including phenoxy) is 1. The summed E-state index contributed by atoms with van der Waals surface area (Å²) in [5, 5.41) is 0. The number of carbonyl (C=O) groups is 1. The standard InChI is InChI=1S/C25H26N2O4S2/c1-32-23-13-12-21(18-22(23)25(28)27-14-16-31-17-15-27)33(29,30)26-24(19-8-4-2-5-9-19)20-10-6-3-7-11-20/h2-13,18,24,26H,14-17H2,1H3. The summed E-state index contributed by atoms with van der Waals surface area (Å²) in [6.45, 7) is 1.95. The molecule has 0 aromatic heterocycles. The summed E-state index contributed by atoms with van der Waals surface area (Å²) in [6, 6.07) is 23.1. The predicted molar refractivity (Wildman–Crippen MR) is 130 cm³/mol. The molecule has 6 nitrogen and oxygen atoms in total. The monoisotopic (exact) mass is 482 g/mol. The van der Waals surface area contributed by atoms with Crippen molar-refractivity contribution in [2.75, 3.05) is 32.6 Å². The van der Waals surface area contributed by atoms with Crippen molar-refractivity contribution in [3.05, 3.63) is 95.6 Å². The molecule has 0 spiro atoms. The van der Waals surface area contributed by atoms with E-state index in [2.05, 4.69) is 4.72 Å². The molecule has 0 unspecified atom stereocenters. The Kier molecular flexibility index (Phi) is 7.49. The number of nitrogens with one attached hydrogen (secondary N) is 1. The van der Waals surface area contributed by atoms with Gasteiger partial charge in [-0.05, 0) is 35.6 Å². The fourth-order valence-electron chi connectivity index (χ4n) is 3.80. The van der Waals surface area contributed by atoms with Gasteiger partial charge in [0.2, 0.25) is 10.0 Å². The van der Waals surface area contributed by atoms with Gasteiger partial charge in [0.25, 0.3) is 5.91 Å². The van der Waals surface area contributed by atoms with Crippen molar-refractivity contribution in [1.82, 2.24) is 9.62 Å². The van der Waals surface area contributed by atoms with Crippen molar-refractivity contribution in [3.63, 3.8) is 0 Å². The summed E-state index contributed by atoms with van der Waals surface area (Å²) < 4.78 is 35.1. The number of morpholine rings is 1. The highest BCUT2D eigenvalue weighted by Gasteiger charge is 2.26. The van der Waals surface area contributed by atoms with E-state index in [1.165, 1.54) is 17.8 Å². The zero-order valence-electron chi connectivity index (χ0n) is 18.3. The van der Waals surface area contributed by atoms with Gasteiger partial charge in [0.15, 0.2) is 0 Å². The van der Waals surface area contributed by atoms with Crippen molar-refractivity contribution in [1.29, 1.82) is 0 Å². The third-order valence-electron chi connectivity index (χ3n) is 5.55. The highest BCUT2D eigenvalue weighted by Crippen LogP contribution is 2.28. The molecule has 33 heavy (non-hydrogen) atoms. The molecule has 1 aliphatic rings. The molecular formula is C25H26N2O4S2. The summed E-state index contributed by atoms with van der Waals surface area (Å²) in [7, 11) is -3.92. The molecule has 1 N–H and O–H groups in total. The summed E-state index contributed by atoms with van der Waals surface area (Å²) in [6.07, 6.45) is 1.87. The SMILES string of the molecule is CSc1ccc(S(=O)(=O)NC(c2ccccc2)c2ccccc2)cc1C(=O)N1CCOCC1. The Morgan fingerprint density at radius 1 is 0.939 bits per heavy atom. The molecule has 0 aliphatic carbocycles. The smallest absolute Gasteiger partial charge is 0.255 e. The molecule has 1 aliphatic heterocycles. The lowest BCUT2D eigenvalue weighted by atomic mass is 10.00. The summed E-state index contributed by atoms with van der Waals surface area (Å²) in [4.78, 5) is 15.7. The van der Waals surface area contributed by atoms with Gasteiger partial charge in [-0.15, -0.1) is 11.8 Å². The van der Waals surface area contributed by atoms with E-state index in [1.807, 2.05) is 66.9 Å². The molecule has 3 aromatic rings. The van der Waals surface area contributed by atoms with Crippen molar-refractivity contribution in [3.8, 4) is 0 Å². The van der Waals surface area contributed by atoms with E-state index in [-0.39, 0.29) is 10.8 Å². The van der Waals surface area contributed by atoms with Gasteiger partial charge in [0, 0.05) is 18.0 Å². The summed E-state index contributed by atoms with van der Waals surface area (Å²) in [5.41, 5.74) is 2.05. The van der Waals surface area contributed by atoms with E-state index in [0.717, 1.165) is 16.0 Å². The number of hydrogen-bond donors (Lipinski definition) is 1. The molecule has 0 atom stereocenters. The third kappa shape index (κ3) is 5.47. The van der Waals surface area contributed by atoms with E-state index in [9.17, 15) is 13.2 Å². The molecule has 1 amide bonds. The molecule has 0 radical (unpaired) electrons. The minimum absolute atomic E-state index is 0.0637. The molecule has 3 aromatic carbocycles. The second kappa shape index (κ2) is 10.5. The maximum Gasteiger partial charge on any atom is 0.255 e. The number of carbonyl (C=O) groups excluding carboxylic acids is 1. The lowest BCUT2D eigenvalue weighted by Crippen LogP contribution is -2.41. The first-order valence-corrected chi connectivity index (χ1v) is 13.4. The van der Waals surface area contributed by atoms with Crippen LogP contribution in [0.15, 0.2) is 88.7 Å². The second-order valence-electron chi connectivity index (χ2n) is 7.64. The van der Waals surface area contributed by atoms with Crippen LogP contribution < -0.4 is 4.72 Å². The van der Waals surface area contributed by atoms with Crippen molar-refractivity contribution < 1.29 is 17.9 Å². The first kappa shape index (κ1) is 23.5. The van der Waals surface area contributed by atoms with Crippen LogP contribution in [-0.2, 0) is 14.8 Å². The Morgan fingerprint density at radius 3 is 2.06 bits per heavy atom. The topological polar surface area (TPSA) is 75.7 Å². The number of hydrogen-bond acceptors (Lipinski definition) is 5. The molecule has 1 heterocycles. The molecule has 8 heteroatoms. The lowest BCUT2D eigenvalue weighted by Gasteiger charge is -2.27. The van der Waals surface area contributed by atoms with Gasteiger partial charge in [-0.1, -0.05) is 60.7 Å². The normalized spacial score (nSPS) is 14.4. The molecular weight excluding hydrogens is 456 g/mol. The first-order chi connectivity index (χ1) is 16.0. The zero-order chi connectivity index (χ0) is 23.3. The van der Waals surface area contributed by atoms with Crippen LogP contribution in [0.5, 0.6) is 0 Å². The molecule has 4 rings (SSSR count). The van der Waals surface area contributed by atoms with Gasteiger partial charge in [0.1, 0.15) is 0 Å². The summed E-state index contributed by atoms with van der Waals surface area (Å²) >= 11 is 1.42. The lowest BCUT2D eigenvalue weighted by molar-refractivity contribution is 0.0300. The van der Waals surface area contributed by atoms with Crippen LogP contribution in [-0.4, -0.2) is 51.8 Å². The van der Waals surface area contributed by atoms with Gasteiger partial charge in [-0.25, -0.2) is 8.42 Å². The Balaban J connectivity index is 1.69. The minimum atomic E-state index is -3.92. The number of amides is 1. The van der Waals surface area contributed by atoms with Gasteiger partial charge in [-0.2, -0.15) is 4.72 Å². The predicted octanol–water partition coefficient (Wildman–Crippen LogP) is 3.95. The number of sulfonamides is 1. The van der Waals surface area contributed by atoms with Crippen LogP contribution in [0.25, 0.3) is 0 Å². The van der Waals surface area contributed by atoms with E-state index in [4.69, 9.17) is 4.74 Å². The maximum atomic E-state index is 13.5. The van der Waals surface area contributed by atoms with Crippen LogP contribution in [0, 0.1) is 0 Å². The number of rotatable bonds is 7. The van der Waals surface area contributed by atoms with Crippen LogP contribution in [0.4, 0.5) is 0 Å². The largest absolute Gasteiger partial charge is 0.378 e. The van der Waals surface area contributed by atoms with Gasteiger partial charge in [-0.3, -0.25) is 4.79 Å². The van der Waals surface area contributed by atoms with Gasteiger partial charge >= 0.3 is 0 Å². The van der Waals surface area contributed by atoms with Gasteiger partial charge < -0.3 is 9.64 Å². The number of thioether (sulfide) groups is 1. The Hall–Kier alpha value is -2.65. The average molecular weight is 483 g/mol. The molecule has 1 saturated heterocycles. The van der Waals surface area contributed by atoms with E-state index in [0.29, 0.717) is 31.9 Å². The molecule has 0 bridgehead atoms. The fraction of sp³-hybridized carbons (Fsp3) is 0.240. The number of benzene rings is 3. The number of nitrogens with zero attached hydrogens (tertiary/aromatic N) is 1. The molecule has 172 valence electrons. The van der Waals surface area contributed by atoms with Crippen molar-refractivity contribution in [2.24, 2.45) is 0 Å². The fourth-order valence-corrected chi connectivity index (χ4v) is 5.61. The zero-order valence-corrected chi connectivity index (χ0v) is 19.9. The van der Waals surface area contributed by atoms with Crippen LogP contribution in [0.1, 0.15) is 27.5 Å². The van der Waals surface area contributed by atoms with Crippen LogP contribution >= 0.6 is 11.8 Å². The van der Waals surface area contributed by atoms with Crippen molar-refractivity contribution in [2.45, 2.75) is 15.8 Å². The van der Waals surface area contributed by atoms with E-state index < -0.39 is 16.1 Å². The highest BCUT2D eigenvalue weighted by atomic mass is 32.2. The van der Waals surface area contributed by atoms with Gasteiger partial charge in [0.05, 0.1) is 29.7 Å².